The van der Waals surface area contributed by atoms with Gasteiger partial charge in [0.05, 0.1) is 0 Å². The van der Waals surface area contributed by atoms with Gasteiger partial charge in [-0.25, -0.2) is 0 Å². The van der Waals surface area contributed by atoms with Crippen molar-refractivity contribution in [1.29, 1.82) is 0 Å². The van der Waals surface area contributed by atoms with Crippen LogP contribution in [0.1, 0.15) is 37.7 Å². The van der Waals surface area contributed by atoms with Crippen LogP contribution in [-0.4, -0.2) is 17.5 Å². The van der Waals surface area contributed by atoms with E-state index in [1.54, 1.807) is 0 Å². The van der Waals surface area contributed by atoms with E-state index in [1.165, 1.54) is 49.9 Å². The average Bonchev–Trinajstić information content (AvgIpc) is 2.64. The standard InChI is InChI=1S/C19H25N/c1-14(7-15-5-3-2-4-6-15)20-13-18-9-16-8-17(10-18)12-19(20)11-16/h2-6,16-19H,1,7-13H2. The molecule has 2 atom stereocenters. The van der Waals surface area contributed by atoms with Gasteiger partial charge in [-0.05, 0) is 55.4 Å². The first-order valence-electron chi connectivity index (χ1n) is 8.26. The molecule has 2 aliphatic carbocycles. The van der Waals surface area contributed by atoms with Crippen molar-refractivity contribution in [3.8, 4) is 0 Å². The highest BCUT2D eigenvalue weighted by molar-refractivity contribution is 5.21. The molecule has 2 saturated carbocycles. The van der Waals surface area contributed by atoms with Crippen LogP contribution in [0.4, 0.5) is 0 Å². The highest BCUT2D eigenvalue weighted by atomic mass is 15.2. The largest absolute Gasteiger partial charge is 0.372 e. The topological polar surface area (TPSA) is 3.24 Å². The molecule has 5 rings (SSSR count). The van der Waals surface area contributed by atoms with E-state index in [9.17, 15) is 0 Å². The average molecular weight is 267 g/mol. The molecule has 1 aromatic rings. The monoisotopic (exact) mass is 267 g/mol. The van der Waals surface area contributed by atoms with Crippen molar-refractivity contribution in [2.75, 3.05) is 6.54 Å². The first-order chi connectivity index (χ1) is 9.78. The highest BCUT2D eigenvalue weighted by Gasteiger charge is 2.42. The van der Waals surface area contributed by atoms with Crippen LogP contribution < -0.4 is 0 Å². The number of allylic oxidation sites excluding steroid dienone is 1. The van der Waals surface area contributed by atoms with Crippen molar-refractivity contribution in [3.05, 3.63) is 48.2 Å². The molecule has 2 unspecified atom stereocenters. The molecule has 0 radical (unpaired) electrons. The van der Waals surface area contributed by atoms with Crippen molar-refractivity contribution < 1.29 is 0 Å². The minimum Gasteiger partial charge on any atom is -0.372 e. The minimum atomic E-state index is 0.794. The van der Waals surface area contributed by atoms with Crippen LogP contribution in [0.5, 0.6) is 0 Å². The van der Waals surface area contributed by atoms with Crippen molar-refractivity contribution in [2.24, 2.45) is 17.8 Å². The summed E-state index contributed by atoms with van der Waals surface area (Å²) in [5, 5.41) is 0. The summed E-state index contributed by atoms with van der Waals surface area (Å²) in [5.41, 5.74) is 2.76. The first kappa shape index (κ1) is 12.5. The highest BCUT2D eigenvalue weighted by Crippen LogP contribution is 2.48. The summed E-state index contributed by atoms with van der Waals surface area (Å²) in [5.74, 6) is 2.98. The van der Waals surface area contributed by atoms with Crippen molar-refractivity contribution in [3.63, 3.8) is 0 Å². The number of rotatable bonds is 3. The van der Waals surface area contributed by atoms with E-state index in [0.29, 0.717) is 0 Å². The van der Waals surface area contributed by atoms with Gasteiger partial charge in [0, 0.05) is 24.7 Å². The Morgan fingerprint density at radius 3 is 2.30 bits per heavy atom. The van der Waals surface area contributed by atoms with Gasteiger partial charge in [-0.1, -0.05) is 36.9 Å². The number of hydrogen-bond donors (Lipinski definition) is 0. The molecule has 1 nitrogen and oxygen atoms in total. The smallest absolute Gasteiger partial charge is 0.0292 e. The predicted molar refractivity (Wildman–Crippen MR) is 83.3 cm³/mol. The molecule has 4 fully saturated rings. The van der Waals surface area contributed by atoms with Gasteiger partial charge in [0.15, 0.2) is 0 Å². The van der Waals surface area contributed by atoms with Gasteiger partial charge in [-0.15, -0.1) is 0 Å². The lowest BCUT2D eigenvalue weighted by atomic mass is 9.68. The van der Waals surface area contributed by atoms with Gasteiger partial charge < -0.3 is 4.90 Å². The Morgan fingerprint density at radius 2 is 1.60 bits per heavy atom. The summed E-state index contributed by atoms with van der Waals surface area (Å²) < 4.78 is 0. The second-order valence-corrected chi connectivity index (χ2v) is 7.31. The second-order valence-electron chi connectivity index (χ2n) is 7.31. The Kier molecular flexibility index (Phi) is 3.09. The Balaban J connectivity index is 1.52. The van der Waals surface area contributed by atoms with E-state index < -0.39 is 0 Å². The van der Waals surface area contributed by atoms with Crippen molar-refractivity contribution in [2.45, 2.75) is 44.6 Å². The van der Waals surface area contributed by atoms with E-state index >= 15 is 0 Å². The molecule has 2 aliphatic heterocycles. The molecule has 20 heavy (non-hydrogen) atoms. The second kappa shape index (κ2) is 4.95. The summed E-state index contributed by atoms with van der Waals surface area (Å²) in [7, 11) is 0. The molecular formula is C19H25N. The van der Waals surface area contributed by atoms with Crippen LogP contribution in [0.25, 0.3) is 0 Å². The van der Waals surface area contributed by atoms with E-state index in [-0.39, 0.29) is 0 Å². The quantitative estimate of drug-likeness (QED) is 0.791. The number of fused-ring (bicyclic) bond motifs is 1. The fourth-order valence-electron chi connectivity index (χ4n) is 5.10. The molecule has 0 spiro atoms. The van der Waals surface area contributed by atoms with E-state index in [4.69, 9.17) is 0 Å². The maximum absolute atomic E-state index is 4.44. The summed E-state index contributed by atoms with van der Waals surface area (Å²) in [6.07, 6.45) is 8.39. The molecule has 0 N–H and O–H groups in total. The van der Waals surface area contributed by atoms with Crippen LogP contribution in [0.3, 0.4) is 0 Å². The normalized spacial score (nSPS) is 35.1. The molecule has 0 aromatic heterocycles. The Morgan fingerprint density at radius 1 is 0.950 bits per heavy atom. The molecule has 1 heteroatoms. The van der Waals surface area contributed by atoms with Gasteiger partial charge in [0.1, 0.15) is 0 Å². The molecule has 4 bridgehead atoms. The van der Waals surface area contributed by atoms with E-state index in [2.05, 4.69) is 41.8 Å². The van der Waals surface area contributed by atoms with Crippen LogP contribution >= 0.6 is 0 Å². The van der Waals surface area contributed by atoms with Crippen LogP contribution in [0, 0.1) is 17.8 Å². The van der Waals surface area contributed by atoms with Gasteiger partial charge in [0.25, 0.3) is 0 Å². The van der Waals surface area contributed by atoms with Gasteiger partial charge >= 0.3 is 0 Å². The molecule has 106 valence electrons. The lowest BCUT2D eigenvalue weighted by Gasteiger charge is -2.40. The molecule has 2 heterocycles. The van der Waals surface area contributed by atoms with Crippen LogP contribution in [-0.2, 0) is 6.42 Å². The molecule has 0 amide bonds. The van der Waals surface area contributed by atoms with Crippen LogP contribution in [0.15, 0.2) is 42.6 Å². The first-order valence-corrected chi connectivity index (χ1v) is 8.26. The van der Waals surface area contributed by atoms with Gasteiger partial charge in [-0.3, -0.25) is 0 Å². The van der Waals surface area contributed by atoms with Gasteiger partial charge in [-0.2, -0.15) is 0 Å². The maximum atomic E-state index is 4.44. The zero-order chi connectivity index (χ0) is 13.5. The molecule has 1 aromatic carbocycles. The van der Waals surface area contributed by atoms with Crippen molar-refractivity contribution in [1.82, 2.24) is 4.90 Å². The summed E-state index contributed by atoms with van der Waals surface area (Å²) in [4.78, 5) is 2.69. The maximum Gasteiger partial charge on any atom is 0.0292 e. The Hall–Kier alpha value is -1.24. The SMILES string of the molecule is C=C(Cc1ccccc1)N1CC2CC3CC(C2)CC1C3. The lowest BCUT2D eigenvalue weighted by Crippen LogP contribution is -2.37. The van der Waals surface area contributed by atoms with E-state index in [1.807, 2.05) is 0 Å². The third-order valence-electron chi connectivity index (χ3n) is 5.76. The molecular weight excluding hydrogens is 242 g/mol. The predicted octanol–water partition coefficient (Wildman–Crippen LogP) is 4.25. The Bertz CT molecular complexity index is 478. The number of hydrogen-bond acceptors (Lipinski definition) is 1. The zero-order valence-electron chi connectivity index (χ0n) is 12.3. The number of nitrogens with zero attached hydrogens (tertiary/aromatic N) is 1. The zero-order valence-corrected chi connectivity index (χ0v) is 12.3. The van der Waals surface area contributed by atoms with Gasteiger partial charge in [0.2, 0.25) is 0 Å². The Labute approximate surface area is 122 Å². The summed E-state index contributed by atoms with van der Waals surface area (Å²) >= 11 is 0. The lowest BCUT2D eigenvalue weighted by molar-refractivity contribution is 0.138. The molecule has 2 saturated heterocycles. The summed E-state index contributed by atoms with van der Waals surface area (Å²) in [6.45, 7) is 5.72. The fraction of sp³-hybridized carbons (Fsp3) is 0.579. The van der Waals surface area contributed by atoms with Crippen molar-refractivity contribution >= 4 is 0 Å². The summed E-state index contributed by atoms with van der Waals surface area (Å²) in [6, 6.07) is 11.6. The third-order valence-corrected chi connectivity index (χ3v) is 5.76. The fourth-order valence-corrected chi connectivity index (χ4v) is 5.10. The van der Waals surface area contributed by atoms with E-state index in [0.717, 1.165) is 30.2 Å². The third kappa shape index (κ3) is 2.28. The minimum absolute atomic E-state index is 0.794. The number of benzene rings is 1. The molecule has 4 aliphatic rings. The van der Waals surface area contributed by atoms with Crippen LogP contribution in [0.2, 0.25) is 0 Å².